The van der Waals surface area contributed by atoms with Crippen LogP contribution >= 0.6 is 0 Å². The first-order valence-corrected chi connectivity index (χ1v) is 5.80. The second kappa shape index (κ2) is 8.89. The van der Waals surface area contributed by atoms with Gasteiger partial charge in [0.15, 0.2) is 0 Å². The Labute approximate surface area is 98.5 Å². The third-order valence-electron chi connectivity index (χ3n) is 1.95. The van der Waals surface area contributed by atoms with E-state index in [9.17, 15) is 4.79 Å². The molecule has 1 amide bonds. The molecule has 1 rings (SSSR count). The summed E-state index contributed by atoms with van der Waals surface area (Å²) in [6, 6.07) is 3.84. The molecule has 1 aromatic heterocycles. The van der Waals surface area contributed by atoms with E-state index in [1.165, 1.54) is 6.42 Å². The lowest BCUT2D eigenvalue weighted by molar-refractivity contribution is -0.129. The van der Waals surface area contributed by atoms with Gasteiger partial charge in [0.1, 0.15) is 0 Å². The summed E-state index contributed by atoms with van der Waals surface area (Å²) in [4.78, 5) is 16.8. The van der Waals surface area contributed by atoms with Crippen molar-refractivity contribution in [2.24, 2.45) is 0 Å². The summed E-state index contributed by atoms with van der Waals surface area (Å²) in [6.45, 7) is 9.24. The summed E-state index contributed by atoms with van der Waals surface area (Å²) in [5.41, 5.74) is 1.12. The van der Waals surface area contributed by atoms with E-state index in [1.54, 1.807) is 24.2 Å². The van der Waals surface area contributed by atoms with Crippen molar-refractivity contribution in [3.63, 3.8) is 0 Å². The quantitative estimate of drug-likeness (QED) is 0.788. The number of nitrogens with zero attached hydrogens (tertiary/aromatic N) is 2. The summed E-state index contributed by atoms with van der Waals surface area (Å²) < 4.78 is 0. The fourth-order valence-corrected chi connectivity index (χ4v) is 1.15. The smallest absolute Gasteiger partial charge is 0.219 e. The van der Waals surface area contributed by atoms with Crippen LogP contribution in [0, 0.1) is 0 Å². The van der Waals surface area contributed by atoms with Gasteiger partial charge in [-0.25, -0.2) is 0 Å². The Kier molecular flexibility index (Phi) is 8.12. The summed E-state index contributed by atoms with van der Waals surface area (Å²) in [7, 11) is 0. The van der Waals surface area contributed by atoms with Crippen LogP contribution in [0.5, 0.6) is 0 Å². The fourth-order valence-electron chi connectivity index (χ4n) is 1.15. The van der Waals surface area contributed by atoms with E-state index in [0.29, 0.717) is 6.54 Å². The van der Waals surface area contributed by atoms with Gasteiger partial charge >= 0.3 is 0 Å². The summed E-state index contributed by atoms with van der Waals surface area (Å²) in [5.74, 6) is 0.110. The lowest BCUT2D eigenvalue weighted by atomic mass is 10.2. The molecule has 1 heterocycles. The monoisotopic (exact) mass is 222 g/mol. The van der Waals surface area contributed by atoms with Crippen LogP contribution in [0.2, 0.25) is 0 Å². The van der Waals surface area contributed by atoms with Gasteiger partial charge in [-0.05, 0) is 24.6 Å². The standard InChI is InChI=1S/C10H14N2O.C3H8/c1-3-12(9(2)13)8-10-4-6-11-7-5-10;1-3-2/h4-7H,3,8H2,1-2H3;3H2,1-2H3. The number of aromatic nitrogens is 1. The number of pyridine rings is 1. The lowest BCUT2D eigenvalue weighted by Gasteiger charge is -2.18. The topological polar surface area (TPSA) is 33.2 Å². The van der Waals surface area contributed by atoms with Gasteiger partial charge in [0.25, 0.3) is 0 Å². The van der Waals surface area contributed by atoms with Crippen LogP contribution in [0.3, 0.4) is 0 Å². The van der Waals surface area contributed by atoms with E-state index in [-0.39, 0.29) is 5.91 Å². The predicted molar refractivity (Wildman–Crippen MR) is 67.0 cm³/mol. The molecule has 0 N–H and O–H groups in total. The highest BCUT2D eigenvalue weighted by Crippen LogP contribution is 2.02. The van der Waals surface area contributed by atoms with Crippen LogP contribution in [0.1, 0.15) is 39.7 Å². The van der Waals surface area contributed by atoms with Crippen LogP contribution in [0.4, 0.5) is 0 Å². The van der Waals surface area contributed by atoms with E-state index in [1.807, 2.05) is 19.1 Å². The first kappa shape index (κ1) is 14.6. The number of hydrogen-bond donors (Lipinski definition) is 0. The van der Waals surface area contributed by atoms with Crippen molar-refractivity contribution in [3.8, 4) is 0 Å². The van der Waals surface area contributed by atoms with Crippen LogP contribution in [-0.2, 0) is 11.3 Å². The number of hydrogen-bond acceptors (Lipinski definition) is 2. The van der Waals surface area contributed by atoms with Crippen molar-refractivity contribution in [1.82, 2.24) is 9.88 Å². The van der Waals surface area contributed by atoms with Gasteiger partial charge in [0, 0.05) is 32.4 Å². The molecule has 3 nitrogen and oxygen atoms in total. The molecule has 3 heteroatoms. The van der Waals surface area contributed by atoms with E-state index < -0.39 is 0 Å². The van der Waals surface area contributed by atoms with Crippen molar-refractivity contribution in [2.45, 2.75) is 40.7 Å². The summed E-state index contributed by atoms with van der Waals surface area (Å²) in [6.07, 6.45) is 4.73. The third-order valence-corrected chi connectivity index (χ3v) is 1.95. The second-order valence-electron chi connectivity index (χ2n) is 3.60. The van der Waals surface area contributed by atoms with Gasteiger partial charge in [-0.15, -0.1) is 0 Å². The Balaban J connectivity index is 0.000000673. The molecule has 0 aliphatic heterocycles. The number of carbonyl (C=O) groups excluding carboxylic acids is 1. The van der Waals surface area contributed by atoms with Crippen molar-refractivity contribution in [2.75, 3.05) is 6.54 Å². The maximum Gasteiger partial charge on any atom is 0.219 e. The third kappa shape index (κ3) is 6.17. The molecule has 0 atom stereocenters. The molecule has 16 heavy (non-hydrogen) atoms. The summed E-state index contributed by atoms with van der Waals surface area (Å²) in [5, 5.41) is 0. The zero-order chi connectivity index (χ0) is 12.4. The number of rotatable bonds is 3. The molecule has 0 aliphatic rings. The molecule has 0 aliphatic carbocycles. The maximum absolute atomic E-state index is 11.1. The average molecular weight is 222 g/mol. The van der Waals surface area contributed by atoms with Crippen LogP contribution in [0.25, 0.3) is 0 Å². The molecular weight excluding hydrogens is 200 g/mol. The minimum absolute atomic E-state index is 0.110. The van der Waals surface area contributed by atoms with Gasteiger partial charge in [-0.3, -0.25) is 9.78 Å². The van der Waals surface area contributed by atoms with Gasteiger partial charge in [0.05, 0.1) is 0 Å². The van der Waals surface area contributed by atoms with E-state index in [2.05, 4.69) is 18.8 Å². The van der Waals surface area contributed by atoms with Gasteiger partial charge < -0.3 is 4.90 Å². The number of amides is 1. The summed E-state index contributed by atoms with van der Waals surface area (Å²) >= 11 is 0. The SMILES string of the molecule is CCC.CCN(Cc1ccncc1)C(C)=O. The van der Waals surface area contributed by atoms with Crippen LogP contribution in [-0.4, -0.2) is 22.3 Å². The van der Waals surface area contributed by atoms with Crippen molar-refractivity contribution >= 4 is 5.91 Å². The zero-order valence-electron chi connectivity index (χ0n) is 10.7. The van der Waals surface area contributed by atoms with Crippen LogP contribution in [0.15, 0.2) is 24.5 Å². The highest BCUT2D eigenvalue weighted by molar-refractivity contribution is 5.73. The van der Waals surface area contributed by atoms with Gasteiger partial charge in [0.2, 0.25) is 5.91 Å². The van der Waals surface area contributed by atoms with Crippen molar-refractivity contribution in [3.05, 3.63) is 30.1 Å². The Morgan fingerprint density at radius 1 is 1.25 bits per heavy atom. The maximum atomic E-state index is 11.1. The lowest BCUT2D eigenvalue weighted by Crippen LogP contribution is -2.27. The zero-order valence-corrected chi connectivity index (χ0v) is 10.7. The Morgan fingerprint density at radius 2 is 1.75 bits per heavy atom. The Morgan fingerprint density at radius 3 is 2.12 bits per heavy atom. The van der Waals surface area contributed by atoms with Gasteiger partial charge in [-0.1, -0.05) is 20.3 Å². The molecule has 0 fully saturated rings. The minimum Gasteiger partial charge on any atom is -0.339 e. The molecule has 0 aromatic carbocycles. The highest BCUT2D eigenvalue weighted by atomic mass is 16.2. The van der Waals surface area contributed by atoms with Crippen molar-refractivity contribution in [1.29, 1.82) is 0 Å². The normalized spacial score (nSPS) is 9.00. The predicted octanol–water partition coefficient (Wildman–Crippen LogP) is 2.87. The highest BCUT2D eigenvalue weighted by Gasteiger charge is 2.05. The number of carbonyl (C=O) groups is 1. The van der Waals surface area contributed by atoms with E-state index >= 15 is 0 Å². The molecule has 90 valence electrons. The van der Waals surface area contributed by atoms with Crippen molar-refractivity contribution < 1.29 is 4.79 Å². The largest absolute Gasteiger partial charge is 0.339 e. The molecule has 0 bridgehead atoms. The second-order valence-corrected chi connectivity index (χ2v) is 3.60. The van der Waals surface area contributed by atoms with E-state index in [4.69, 9.17) is 0 Å². The molecule has 0 saturated carbocycles. The Hall–Kier alpha value is -1.38. The molecule has 0 spiro atoms. The molecule has 1 aromatic rings. The first-order chi connectivity index (χ1) is 7.65. The molecular formula is C13H22N2O. The molecule has 0 radical (unpaired) electrons. The van der Waals surface area contributed by atoms with Crippen LogP contribution < -0.4 is 0 Å². The first-order valence-electron chi connectivity index (χ1n) is 5.80. The van der Waals surface area contributed by atoms with E-state index in [0.717, 1.165) is 12.1 Å². The fraction of sp³-hybridized carbons (Fsp3) is 0.538. The minimum atomic E-state index is 0.110. The van der Waals surface area contributed by atoms with Gasteiger partial charge in [-0.2, -0.15) is 0 Å². The molecule has 0 saturated heterocycles. The Bertz CT molecular complexity index is 285. The molecule has 0 unspecified atom stereocenters. The average Bonchev–Trinajstić information content (AvgIpc) is 2.28.